The van der Waals surface area contributed by atoms with Crippen LogP contribution in [0.25, 0.3) is 0 Å². The van der Waals surface area contributed by atoms with E-state index in [9.17, 15) is 4.79 Å². The van der Waals surface area contributed by atoms with Crippen molar-refractivity contribution in [3.05, 3.63) is 46.8 Å². The summed E-state index contributed by atoms with van der Waals surface area (Å²) in [6.45, 7) is 3.79. The van der Waals surface area contributed by atoms with Crippen molar-refractivity contribution in [1.29, 1.82) is 0 Å². The lowest BCUT2D eigenvalue weighted by atomic mass is 10.0. The minimum atomic E-state index is -0.0310. The monoisotopic (exact) mass is 374 g/mol. The van der Waals surface area contributed by atoms with Gasteiger partial charge in [0.25, 0.3) is 5.91 Å². The van der Waals surface area contributed by atoms with Gasteiger partial charge in [0, 0.05) is 17.6 Å². The zero-order chi connectivity index (χ0) is 16.2. The van der Waals surface area contributed by atoms with Gasteiger partial charge in [0.1, 0.15) is 11.5 Å². The number of halogens is 1. The fourth-order valence-corrected chi connectivity index (χ4v) is 3.12. The van der Waals surface area contributed by atoms with E-state index in [1.54, 1.807) is 12.4 Å². The van der Waals surface area contributed by atoms with Crippen LogP contribution in [0.5, 0.6) is 0 Å². The Balaban J connectivity index is 1.69. The predicted molar refractivity (Wildman–Crippen MR) is 93.8 cm³/mol. The first-order chi connectivity index (χ1) is 11.1. The second-order valence-electron chi connectivity index (χ2n) is 5.89. The van der Waals surface area contributed by atoms with Crippen LogP contribution in [0.3, 0.4) is 0 Å². The minimum absolute atomic E-state index is 0.0310. The van der Waals surface area contributed by atoms with Crippen LogP contribution in [0, 0.1) is 5.92 Å². The molecule has 0 radical (unpaired) electrons. The van der Waals surface area contributed by atoms with E-state index in [1.165, 1.54) is 6.42 Å². The molecule has 2 heterocycles. The van der Waals surface area contributed by atoms with Crippen LogP contribution in [0.15, 0.2) is 41.1 Å². The van der Waals surface area contributed by atoms with Crippen molar-refractivity contribution in [1.82, 2.24) is 14.9 Å². The number of carbonyl (C=O) groups is 1. The molecule has 0 bridgehead atoms. The summed E-state index contributed by atoms with van der Waals surface area (Å²) in [6, 6.07) is 7.78. The molecular formula is C17H19BrN4O. The number of anilines is 2. The Hall–Kier alpha value is -1.95. The highest BCUT2D eigenvalue weighted by Gasteiger charge is 2.23. The molecule has 0 aliphatic carbocycles. The van der Waals surface area contributed by atoms with Gasteiger partial charge in [-0.2, -0.15) is 0 Å². The van der Waals surface area contributed by atoms with E-state index in [1.807, 2.05) is 29.2 Å². The number of hydrogen-bond donors (Lipinski definition) is 1. The normalized spacial score (nSPS) is 17.8. The van der Waals surface area contributed by atoms with Crippen LogP contribution in [-0.2, 0) is 0 Å². The van der Waals surface area contributed by atoms with Gasteiger partial charge in [0.2, 0.25) is 0 Å². The van der Waals surface area contributed by atoms with Crippen LogP contribution in [0.1, 0.15) is 30.3 Å². The summed E-state index contributed by atoms with van der Waals surface area (Å²) < 4.78 is 0.948. The first-order valence-corrected chi connectivity index (χ1v) is 8.55. The zero-order valence-electron chi connectivity index (χ0n) is 13.0. The molecule has 1 amide bonds. The third-order valence-electron chi connectivity index (χ3n) is 3.95. The van der Waals surface area contributed by atoms with Gasteiger partial charge in [-0.3, -0.25) is 4.79 Å². The number of benzene rings is 1. The van der Waals surface area contributed by atoms with E-state index in [4.69, 9.17) is 0 Å². The van der Waals surface area contributed by atoms with Gasteiger partial charge in [-0.15, -0.1) is 0 Å². The maximum absolute atomic E-state index is 12.5. The van der Waals surface area contributed by atoms with Crippen LogP contribution < -0.4 is 5.32 Å². The lowest BCUT2D eigenvalue weighted by molar-refractivity contribution is 0.0676. The van der Waals surface area contributed by atoms with Crippen molar-refractivity contribution >= 4 is 33.3 Å². The molecule has 3 rings (SSSR count). The zero-order valence-corrected chi connectivity index (χ0v) is 14.6. The minimum Gasteiger partial charge on any atom is -0.338 e. The highest BCUT2D eigenvalue weighted by atomic mass is 79.9. The highest BCUT2D eigenvalue weighted by molar-refractivity contribution is 9.10. The van der Waals surface area contributed by atoms with E-state index in [0.29, 0.717) is 17.4 Å². The maximum atomic E-state index is 12.5. The van der Waals surface area contributed by atoms with Gasteiger partial charge in [-0.05, 0) is 46.8 Å². The van der Waals surface area contributed by atoms with Crippen molar-refractivity contribution in [2.45, 2.75) is 19.8 Å². The number of hydrogen-bond acceptors (Lipinski definition) is 4. The number of aromatic nitrogens is 2. The topological polar surface area (TPSA) is 58.1 Å². The molecule has 1 aromatic heterocycles. The molecule has 1 N–H and O–H groups in total. The molecule has 1 aliphatic rings. The molecule has 1 saturated heterocycles. The Bertz CT molecular complexity index is 689. The number of rotatable bonds is 3. The van der Waals surface area contributed by atoms with Crippen LogP contribution in [-0.4, -0.2) is 33.9 Å². The molecule has 0 saturated carbocycles. The summed E-state index contributed by atoms with van der Waals surface area (Å²) in [5, 5.41) is 3.18. The molecule has 23 heavy (non-hydrogen) atoms. The Morgan fingerprint density at radius 1 is 1.30 bits per heavy atom. The fraction of sp³-hybridized carbons (Fsp3) is 0.353. The Morgan fingerprint density at radius 2 is 2.13 bits per heavy atom. The summed E-state index contributed by atoms with van der Waals surface area (Å²) in [5.74, 6) is 1.13. The summed E-state index contributed by atoms with van der Waals surface area (Å²) in [4.78, 5) is 22.9. The largest absolute Gasteiger partial charge is 0.338 e. The molecule has 1 aromatic carbocycles. The van der Waals surface area contributed by atoms with Crippen molar-refractivity contribution in [2.75, 3.05) is 18.4 Å². The predicted octanol–water partition coefficient (Wildman–Crippen LogP) is 3.85. The summed E-state index contributed by atoms with van der Waals surface area (Å²) in [5.41, 5.74) is 1.31. The molecule has 1 unspecified atom stereocenters. The fourth-order valence-electron chi connectivity index (χ4n) is 2.74. The Labute approximate surface area is 144 Å². The lowest BCUT2D eigenvalue weighted by Gasteiger charge is -2.30. The van der Waals surface area contributed by atoms with Gasteiger partial charge in [0.05, 0.1) is 18.1 Å². The highest BCUT2D eigenvalue weighted by Crippen LogP contribution is 2.24. The Kier molecular flexibility index (Phi) is 4.91. The quantitative estimate of drug-likeness (QED) is 0.885. The number of nitrogens with zero attached hydrogens (tertiary/aromatic N) is 3. The van der Waals surface area contributed by atoms with E-state index >= 15 is 0 Å². The van der Waals surface area contributed by atoms with E-state index < -0.39 is 0 Å². The van der Waals surface area contributed by atoms with Gasteiger partial charge < -0.3 is 10.2 Å². The van der Waals surface area contributed by atoms with Crippen LogP contribution >= 0.6 is 15.9 Å². The molecule has 1 atom stereocenters. The van der Waals surface area contributed by atoms with E-state index in [2.05, 4.69) is 38.1 Å². The summed E-state index contributed by atoms with van der Waals surface area (Å²) >= 11 is 3.48. The molecule has 1 aliphatic heterocycles. The van der Waals surface area contributed by atoms with Gasteiger partial charge in [0.15, 0.2) is 0 Å². The molecular weight excluding hydrogens is 356 g/mol. The Morgan fingerprint density at radius 3 is 2.83 bits per heavy atom. The summed E-state index contributed by atoms with van der Waals surface area (Å²) in [7, 11) is 0. The number of carbonyl (C=O) groups excluding carboxylic acids is 1. The molecule has 1 fully saturated rings. The molecule has 120 valence electrons. The third kappa shape index (κ3) is 3.88. The number of para-hydroxylation sites is 1. The lowest BCUT2D eigenvalue weighted by Crippen LogP contribution is -2.39. The van der Waals surface area contributed by atoms with E-state index in [-0.39, 0.29) is 5.91 Å². The SMILES string of the molecule is CC1CCCN(C(=O)c2cnc(Nc3ccccc3Br)cn2)C1. The van der Waals surface area contributed by atoms with Gasteiger partial charge in [-0.1, -0.05) is 19.1 Å². The average molecular weight is 375 g/mol. The second kappa shape index (κ2) is 7.08. The van der Waals surface area contributed by atoms with Crippen molar-refractivity contribution < 1.29 is 4.79 Å². The average Bonchev–Trinajstić information content (AvgIpc) is 2.57. The van der Waals surface area contributed by atoms with Crippen molar-refractivity contribution in [3.63, 3.8) is 0 Å². The first kappa shape index (κ1) is 15.9. The van der Waals surface area contributed by atoms with Crippen LogP contribution in [0.2, 0.25) is 0 Å². The van der Waals surface area contributed by atoms with Crippen molar-refractivity contribution in [3.8, 4) is 0 Å². The molecule has 0 spiro atoms. The van der Waals surface area contributed by atoms with Gasteiger partial charge in [-0.25, -0.2) is 9.97 Å². The number of likely N-dealkylation sites (tertiary alicyclic amines) is 1. The third-order valence-corrected chi connectivity index (χ3v) is 4.64. The molecule has 2 aromatic rings. The summed E-state index contributed by atoms with van der Waals surface area (Å²) in [6.07, 6.45) is 5.38. The van der Waals surface area contributed by atoms with E-state index in [0.717, 1.165) is 29.7 Å². The number of amides is 1. The molecule has 6 heteroatoms. The molecule has 5 nitrogen and oxygen atoms in total. The van der Waals surface area contributed by atoms with Gasteiger partial charge >= 0.3 is 0 Å². The number of piperidine rings is 1. The maximum Gasteiger partial charge on any atom is 0.274 e. The first-order valence-electron chi connectivity index (χ1n) is 7.76. The number of nitrogens with one attached hydrogen (secondary N) is 1. The second-order valence-corrected chi connectivity index (χ2v) is 6.74. The smallest absolute Gasteiger partial charge is 0.274 e. The van der Waals surface area contributed by atoms with Crippen LogP contribution in [0.4, 0.5) is 11.5 Å². The standard InChI is InChI=1S/C17H19BrN4O/c1-12-5-4-8-22(11-12)17(23)15-9-20-16(10-19-15)21-14-7-3-2-6-13(14)18/h2-3,6-7,9-10,12H,4-5,8,11H2,1H3,(H,20,21). The van der Waals surface area contributed by atoms with Crippen molar-refractivity contribution in [2.24, 2.45) is 5.92 Å².